The Kier molecular flexibility index (Phi) is 5.96. The Bertz CT molecular complexity index is 921. The van der Waals surface area contributed by atoms with Crippen molar-refractivity contribution in [2.75, 3.05) is 13.6 Å². The molecule has 0 amide bonds. The summed E-state index contributed by atoms with van der Waals surface area (Å²) in [4.78, 5) is 4.26. The highest BCUT2D eigenvalue weighted by Gasteiger charge is 2.12. The molecule has 26 heavy (non-hydrogen) atoms. The van der Waals surface area contributed by atoms with Gasteiger partial charge in [0.25, 0.3) is 0 Å². The molecule has 2 aromatic heterocycles. The quantitative estimate of drug-likeness (QED) is 0.516. The lowest BCUT2D eigenvalue weighted by Crippen LogP contribution is -2.39. The van der Waals surface area contributed by atoms with Crippen LogP contribution >= 0.6 is 23.2 Å². The van der Waals surface area contributed by atoms with E-state index in [-0.39, 0.29) is 6.04 Å². The van der Waals surface area contributed by atoms with E-state index < -0.39 is 0 Å². The number of aliphatic imine (C=N–C) groups is 1. The van der Waals surface area contributed by atoms with Crippen molar-refractivity contribution in [1.29, 1.82) is 0 Å². The van der Waals surface area contributed by atoms with Crippen molar-refractivity contribution in [2.45, 2.75) is 19.4 Å². The summed E-state index contributed by atoms with van der Waals surface area (Å²) in [6, 6.07) is 11.3. The molecule has 0 spiro atoms. The Morgan fingerprint density at radius 3 is 2.85 bits per heavy atom. The number of nitrogens with zero attached hydrogens (tertiary/aromatic N) is 4. The molecule has 3 rings (SSSR count). The molecule has 1 atom stereocenters. The molecular formula is C18H20Cl2N6. The lowest BCUT2D eigenvalue weighted by atomic mass is 10.1. The van der Waals surface area contributed by atoms with E-state index >= 15 is 0 Å². The van der Waals surface area contributed by atoms with Gasteiger partial charge in [-0.3, -0.25) is 9.39 Å². The molecule has 6 nitrogen and oxygen atoms in total. The van der Waals surface area contributed by atoms with Crippen molar-refractivity contribution < 1.29 is 0 Å². The number of rotatable bonds is 5. The zero-order chi connectivity index (χ0) is 18.5. The first-order chi connectivity index (χ1) is 12.6. The lowest BCUT2D eigenvalue weighted by Gasteiger charge is -2.19. The number of aromatic nitrogens is 3. The number of fused-ring (bicyclic) bond motifs is 1. The van der Waals surface area contributed by atoms with Crippen LogP contribution in [0.3, 0.4) is 0 Å². The topological polar surface area (TPSA) is 66.6 Å². The number of halogens is 2. The number of hydrogen-bond donors (Lipinski definition) is 2. The van der Waals surface area contributed by atoms with Crippen LogP contribution in [-0.2, 0) is 6.42 Å². The molecule has 136 valence electrons. The van der Waals surface area contributed by atoms with Crippen LogP contribution in [0, 0.1) is 0 Å². The zero-order valence-corrected chi connectivity index (χ0v) is 16.1. The highest BCUT2D eigenvalue weighted by atomic mass is 35.5. The van der Waals surface area contributed by atoms with E-state index in [2.05, 4.69) is 25.8 Å². The summed E-state index contributed by atoms with van der Waals surface area (Å²) in [7, 11) is 1.73. The Balaban J connectivity index is 1.58. The predicted molar refractivity (Wildman–Crippen MR) is 106 cm³/mol. The normalized spacial score (nSPS) is 13.0. The highest BCUT2D eigenvalue weighted by molar-refractivity contribution is 6.35. The van der Waals surface area contributed by atoms with Crippen LogP contribution < -0.4 is 10.6 Å². The Hall–Kier alpha value is -2.31. The van der Waals surface area contributed by atoms with Crippen molar-refractivity contribution in [1.82, 2.24) is 25.2 Å². The van der Waals surface area contributed by atoms with E-state index in [1.54, 1.807) is 13.1 Å². The van der Waals surface area contributed by atoms with Gasteiger partial charge in [0.1, 0.15) is 5.82 Å². The van der Waals surface area contributed by atoms with Gasteiger partial charge in [0.15, 0.2) is 11.6 Å². The maximum Gasteiger partial charge on any atom is 0.191 e. The summed E-state index contributed by atoms with van der Waals surface area (Å²) in [6.07, 6.45) is 2.68. The molecule has 0 saturated heterocycles. The van der Waals surface area contributed by atoms with Crippen LogP contribution in [0.25, 0.3) is 5.65 Å². The molecular weight excluding hydrogens is 371 g/mol. The van der Waals surface area contributed by atoms with Crippen LogP contribution in [-0.4, -0.2) is 34.2 Å². The van der Waals surface area contributed by atoms with Crippen molar-refractivity contribution in [3.63, 3.8) is 0 Å². The first kappa shape index (κ1) is 18.5. The molecule has 1 aromatic carbocycles. The van der Waals surface area contributed by atoms with Crippen molar-refractivity contribution >= 4 is 34.8 Å². The third kappa shape index (κ3) is 4.26. The second kappa shape index (κ2) is 8.38. The minimum atomic E-state index is -0.0140. The molecule has 1 unspecified atom stereocenters. The fourth-order valence-electron chi connectivity index (χ4n) is 2.68. The molecule has 8 heteroatoms. The molecule has 0 aliphatic heterocycles. The molecule has 0 radical (unpaired) electrons. The molecule has 0 bridgehead atoms. The molecule has 0 fully saturated rings. The highest BCUT2D eigenvalue weighted by Crippen LogP contribution is 2.25. The van der Waals surface area contributed by atoms with Crippen molar-refractivity contribution in [3.05, 3.63) is 64.0 Å². The molecule has 2 heterocycles. The van der Waals surface area contributed by atoms with Crippen LogP contribution in [0.4, 0.5) is 0 Å². The number of pyridine rings is 1. The van der Waals surface area contributed by atoms with Gasteiger partial charge in [0.2, 0.25) is 0 Å². The Morgan fingerprint density at radius 1 is 1.23 bits per heavy atom. The third-order valence-corrected chi connectivity index (χ3v) is 4.59. The average molecular weight is 391 g/mol. The minimum Gasteiger partial charge on any atom is -0.356 e. The predicted octanol–water partition coefficient (Wildman–Crippen LogP) is 3.50. The van der Waals surface area contributed by atoms with Gasteiger partial charge < -0.3 is 10.6 Å². The van der Waals surface area contributed by atoms with Gasteiger partial charge in [-0.05, 0) is 36.8 Å². The minimum absolute atomic E-state index is 0.0140. The first-order valence-electron chi connectivity index (χ1n) is 8.29. The van der Waals surface area contributed by atoms with Gasteiger partial charge >= 0.3 is 0 Å². The fourth-order valence-corrected chi connectivity index (χ4v) is 3.26. The van der Waals surface area contributed by atoms with Crippen LogP contribution in [0.1, 0.15) is 24.4 Å². The van der Waals surface area contributed by atoms with E-state index in [1.165, 1.54) is 0 Å². The van der Waals surface area contributed by atoms with E-state index in [0.29, 0.717) is 22.5 Å². The van der Waals surface area contributed by atoms with Crippen molar-refractivity contribution in [3.8, 4) is 0 Å². The van der Waals surface area contributed by atoms with E-state index in [0.717, 1.165) is 23.5 Å². The van der Waals surface area contributed by atoms with Gasteiger partial charge in [-0.25, -0.2) is 0 Å². The molecule has 0 aliphatic carbocycles. The monoisotopic (exact) mass is 390 g/mol. The zero-order valence-electron chi connectivity index (χ0n) is 14.6. The van der Waals surface area contributed by atoms with Gasteiger partial charge in [-0.1, -0.05) is 35.3 Å². The summed E-state index contributed by atoms with van der Waals surface area (Å²) in [5.41, 5.74) is 1.80. The second-order valence-corrected chi connectivity index (χ2v) is 6.67. The molecule has 2 N–H and O–H groups in total. The SMILES string of the molecule is CN=C(NCCc1nnc2ccccn12)NC(C)c1ccc(Cl)cc1Cl. The number of benzene rings is 1. The number of nitrogens with one attached hydrogen (secondary N) is 2. The third-order valence-electron chi connectivity index (χ3n) is 4.03. The van der Waals surface area contributed by atoms with Crippen LogP contribution in [0.15, 0.2) is 47.6 Å². The Labute approximate surface area is 162 Å². The van der Waals surface area contributed by atoms with E-state index in [1.807, 2.05) is 47.9 Å². The number of guanidine groups is 1. The smallest absolute Gasteiger partial charge is 0.191 e. The summed E-state index contributed by atoms with van der Waals surface area (Å²) < 4.78 is 1.98. The van der Waals surface area contributed by atoms with Gasteiger partial charge in [-0.15, -0.1) is 10.2 Å². The standard InChI is InChI=1S/C18H20Cl2N6/c1-12(14-7-6-13(19)11-15(14)20)23-18(21-2)22-9-8-17-25-24-16-5-3-4-10-26(16)17/h3-7,10-12H,8-9H2,1-2H3,(H2,21,22,23). The first-order valence-corrected chi connectivity index (χ1v) is 9.05. The molecule has 0 saturated carbocycles. The number of hydrogen-bond acceptors (Lipinski definition) is 3. The molecule has 0 aliphatic rings. The van der Waals surface area contributed by atoms with Crippen LogP contribution in [0.5, 0.6) is 0 Å². The average Bonchev–Trinajstić information content (AvgIpc) is 3.04. The van der Waals surface area contributed by atoms with Gasteiger partial charge in [0, 0.05) is 36.3 Å². The second-order valence-electron chi connectivity index (χ2n) is 5.83. The van der Waals surface area contributed by atoms with Gasteiger partial charge in [0.05, 0.1) is 6.04 Å². The van der Waals surface area contributed by atoms with Gasteiger partial charge in [-0.2, -0.15) is 0 Å². The summed E-state index contributed by atoms with van der Waals surface area (Å²) in [6.45, 7) is 2.70. The molecule has 3 aromatic rings. The van der Waals surface area contributed by atoms with Crippen molar-refractivity contribution in [2.24, 2.45) is 4.99 Å². The Morgan fingerprint density at radius 2 is 2.08 bits per heavy atom. The largest absolute Gasteiger partial charge is 0.356 e. The van der Waals surface area contributed by atoms with E-state index in [4.69, 9.17) is 23.2 Å². The van der Waals surface area contributed by atoms with Crippen LogP contribution in [0.2, 0.25) is 10.0 Å². The van der Waals surface area contributed by atoms with E-state index in [9.17, 15) is 0 Å². The maximum atomic E-state index is 6.28. The lowest BCUT2D eigenvalue weighted by molar-refractivity contribution is 0.680. The fraction of sp³-hybridized carbons (Fsp3) is 0.278. The summed E-state index contributed by atoms with van der Waals surface area (Å²) in [5.74, 6) is 1.59. The maximum absolute atomic E-state index is 6.28. The summed E-state index contributed by atoms with van der Waals surface area (Å²) in [5, 5.41) is 16.3. The summed E-state index contributed by atoms with van der Waals surface area (Å²) >= 11 is 12.2.